The van der Waals surface area contributed by atoms with E-state index in [1.807, 2.05) is 30.7 Å². The number of methoxy groups -OCH3 is 2. The highest BCUT2D eigenvalue weighted by Crippen LogP contribution is 2.25. The standard InChI is InChI=1S/C23H37N7O2.HI/c1-6-7-10-24-23(25-16-22-27-26-18(2)28(22)3)30-13-11-29(12-14-30)17-19-15-20(31-4)8-9-21(19)32-5;/h8-9,15H,6-7,10-14,16-17H2,1-5H3,(H,24,25);1H. The number of guanidine groups is 1. The molecule has 1 aliphatic heterocycles. The van der Waals surface area contributed by atoms with Crippen LogP contribution in [0.5, 0.6) is 11.5 Å². The summed E-state index contributed by atoms with van der Waals surface area (Å²) in [7, 11) is 5.39. The molecule has 0 amide bonds. The third kappa shape index (κ3) is 7.46. The molecule has 2 aromatic rings. The van der Waals surface area contributed by atoms with Gasteiger partial charge < -0.3 is 24.3 Å². The maximum atomic E-state index is 5.55. The van der Waals surface area contributed by atoms with Gasteiger partial charge in [0.2, 0.25) is 0 Å². The van der Waals surface area contributed by atoms with E-state index >= 15 is 0 Å². The van der Waals surface area contributed by atoms with Crippen molar-refractivity contribution in [1.82, 2.24) is 29.9 Å². The molecular weight excluding hydrogens is 533 g/mol. The molecule has 2 heterocycles. The van der Waals surface area contributed by atoms with Crippen molar-refractivity contribution in [2.24, 2.45) is 12.0 Å². The van der Waals surface area contributed by atoms with Crippen LogP contribution in [0, 0.1) is 6.92 Å². The van der Waals surface area contributed by atoms with Crippen LogP contribution in [0.4, 0.5) is 0 Å². The Bertz CT molecular complexity index is 895. The number of hydrogen-bond acceptors (Lipinski definition) is 6. The van der Waals surface area contributed by atoms with Gasteiger partial charge in [-0.1, -0.05) is 13.3 Å². The lowest BCUT2D eigenvalue weighted by Crippen LogP contribution is -2.52. The SMILES string of the molecule is CCCCNC(=NCc1nnc(C)n1C)N1CCN(Cc2cc(OC)ccc2OC)CC1.I. The predicted octanol–water partition coefficient (Wildman–Crippen LogP) is 2.82. The molecule has 0 atom stereocenters. The Kier molecular flexibility index (Phi) is 11.2. The maximum Gasteiger partial charge on any atom is 0.194 e. The van der Waals surface area contributed by atoms with E-state index < -0.39 is 0 Å². The summed E-state index contributed by atoms with van der Waals surface area (Å²) in [4.78, 5) is 9.67. The summed E-state index contributed by atoms with van der Waals surface area (Å²) in [5.41, 5.74) is 1.15. The zero-order valence-electron chi connectivity index (χ0n) is 20.5. The molecule has 10 heteroatoms. The maximum absolute atomic E-state index is 5.55. The van der Waals surface area contributed by atoms with Crippen molar-refractivity contribution in [3.63, 3.8) is 0 Å². The molecule has 0 aliphatic carbocycles. The Morgan fingerprint density at radius 3 is 2.48 bits per heavy atom. The Balaban J connectivity index is 0.00000385. The van der Waals surface area contributed by atoms with E-state index in [0.717, 1.165) is 86.8 Å². The van der Waals surface area contributed by atoms with E-state index in [1.54, 1.807) is 14.2 Å². The number of aromatic nitrogens is 3. The lowest BCUT2D eigenvalue weighted by molar-refractivity contribution is 0.170. The molecule has 1 saturated heterocycles. The van der Waals surface area contributed by atoms with E-state index in [4.69, 9.17) is 14.5 Å². The van der Waals surface area contributed by atoms with Gasteiger partial charge >= 0.3 is 0 Å². The average Bonchev–Trinajstić information content (AvgIpc) is 3.14. The second kappa shape index (κ2) is 13.6. The quantitative estimate of drug-likeness (QED) is 0.215. The zero-order valence-corrected chi connectivity index (χ0v) is 22.8. The summed E-state index contributed by atoms with van der Waals surface area (Å²) in [6.45, 7) is 10.2. The normalized spacial score (nSPS) is 14.7. The van der Waals surface area contributed by atoms with Gasteiger partial charge in [0.25, 0.3) is 0 Å². The Morgan fingerprint density at radius 2 is 1.88 bits per heavy atom. The molecule has 0 radical (unpaired) electrons. The Hall–Kier alpha value is -2.08. The van der Waals surface area contributed by atoms with Gasteiger partial charge in [0.1, 0.15) is 23.9 Å². The Morgan fingerprint density at radius 1 is 1.12 bits per heavy atom. The number of unbranched alkanes of at least 4 members (excludes halogenated alkanes) is 1. The third-order valence-electron chi connectivity index (χ3n) is 5.92. The topological polar surface area (TPSA) is 80.0 Å². The number of aliphatic imine (C=N–C) groups is 1. The smallest absolute Gasteiger partial charge is 0.194 e. The van der Waals surface area contributed by atoms with Gasteiger partial charge in [-0.15, -0.1) is 34.2 Å². The summed E-state index contributed by atoms with van der Waals surface area (Å²) in [5, 5.41) is 11.9. The number of ether oxygens (including phenoxy) is 2. The highest BCUT2D eigenvalue weighted by molar-refractivity contribution is 14.0. The van der Waals surface area contributed by atoms with Crippen molar-refractivity contribution in [2.75, 3.05) is 46.9 Å². The second-order valence-corrected chi connectivity index (χ2v) is 8.08. The van der Waals surface area contributed by atoms with Gasteiger partial charge in [0.05, 0.1) is 14.2 Å². The molecule has 9 nitrogen and oxygen atoms in total. The molecule has 0 bridgehead atoms. The lowest BCUT2D eigenvalue weighted by atomic mass is 10.1. The van der Waals surface area contributed by atoms with Crippen LogP contribution in [0.1, 0.15) is 37.0 Å². The number of benzene rings is 1. The van der Waals surface area contributed by atoms with Crippen molar-refractivity contribution in [2.45, 2.75) is 39.8 Å². The largest absolute Gasteiger partial charge is 0.497 e. The first-order valence-electron chi connectivity index (χ1n) is 11.4. The van der Waals surface area contributed by atoms with E-state index in [9.17, 15) is 0 Å². The van der Waals surface area contributed by atoms with Crippen LogP contribution in [0.2, 0.25) is 0 Å². The number of rotatable bonds is 9. The molecule has 1 aromatic carbocycles. The lowest BCUT2D eigenvalue weighted by Gasteiger charge is -2.36. The number of hydrogen-bond donors (Lipinski definition) is 1. The fourth-order valence-corrected chi connectivity index (χ4v) is 3.74. The summed E-state index contributed by atoms with van der Waals surface area (Å²) >= 11 is 0. The number of piperazine rings is 1. The van der Waals surface area contributed by atoms with Crippen LogP contribution in [-0.2, 0) is 20.1 Å². The highest BCUT2D eigenvalue weighted by atomic mass is 127. The Labute approximate surface area is 214 Å². The minimum atomic E-state index is 0. The van der Waals surface area contributed by atoms with Crippen molar-refractivity contribution in [3.05, 3.63) is 35.4 Å². The molecule has 1 aliphatic rings. The molecule has 0 saturated carbocycles. The monoisotopic (exact) mass is 571 g/mol. The fraction of sp³-hybridized carbons (Fsp3) is 0.609. The van der Waals surface area contributed by atoms with Gasteiger partial charge in [-0.2, -0.15) is 0 Å². The first-order chi connectivity index (χ1) is 15.5. The first kappa shape index (κ1) is 27.2. The summed E-state index contributed by atoms with van der Waals surface area (Å²) in [6, 6.07) is 5.97. The molecule has 0 unspecified atom stereocenters. The summed E-state index contributed by atoms with van der Waals surface area (Å²) in [6.07, 6.45) is 2.27. The molecule has 0 spiro atoms. The molecular formula is C23H38IN7O2. The van der Waals surface area contributed by atoms with Crippen molar-refractivity contribution in [3.8, 4) is 11.5 Å². The second-order valence-electron chi connectivity index (χ2n) is 8.08. The number of aryl methyl sites for hydroxylation is 1. The predicted molar refractivity (Wildman–Crippen MR) is 142 cm³/mol. The van der Waals surface area contributed by atoms with Gasteiger partial charge in [-0.3, -0.25) is 4.90 Å². The van der Waals surface area contributed by atoms with Crippen LogP contribution in [-0.4, -0.2) is 77.5 Å². The zero-order chi connectivity index (χ0) is 22.9. The molecule has 3 rings (SSSR count). The third-order valence-corrected chi connectivity index (χ3v) is 5.92. The molecule has 1 N–H and O–H groups in total. The molecule has 184 valence electrons. The molecule has 1 aromatic heterocycles. The fourth-order valence-electron chi connectivity index (χ4n) is 3.74. The van der Waals surface area contributed by atoms with Crippen LogP contribution in [0.15, 0.2) is 23.2 Å². The van der Waals surface area contributed by atoms with Gasteiger partial charge in [0, 0.05) is 51.9 Å². The molecule has 33 heavy (non-hydrogen) atoms. The number of halogens is 1. The summed E-state index contributed by atoms with van der Waals surface area (Å²) in [5.74, 6) is 4.49. The van der Waals surface area contributed by atoms with Gasteiger partial charge in [-0.05, 0) is 31.5 Å². The van der Waals surface area contributed by atoms with E-state index in [-0.39, 0.29) is 24.0 Å². The van der Waals surface area contributed by atoms with Crippen molar-refractivity contribution in [1.29, 1.82) is 0 Å². The number of nitrogens with zero attached hydrogens (tertiary/aromatic N) is 6. The van der Waals surface area contributed by atoms with Crippen LogP contribution in [0.3, 0.4) is 0 Å². The van der Waals surface area contributed by atoms with E-state index in [0.29, 0.717) is 6.54 Å². The minimum absolute atomic E-state index is 0. The first-order valence-corrected chi connectivity index (χ1v) is 11.4. The van der Waals surface area contributed by atoms with Crippen LogP contribution < -0.4 is 14.8 Å². The van der Waals surface area contributed by atoms with Crippen LogP contribution in [0.25, 0.3) is 0 Å². The molecule has 1 fully saturated rings. The minimum Gasteiger partial charge on any atom is -0.497 e. The number of nitrogens with one attached hydrogen (secondary N) is 1. The van der Waals surface area contributed by atoms with Crippen molar-refractivity contribution >= 4 is 29.9 Å². The average molecular weight is 572 g/mol. The van der Waals surface area contributed by atoms with Gasteiger partial charge in [-0.25, -0.2) is 4.99 Å². The van der Waals surface area contributed by atoms with Crippen molar-refractivity contribution < 1.29 is 9.47 Å². The van der Waals surface area contributed by atoms with Crippen LogP contribution >= 0.6 is 24.0 Å². The highest BCUT2D eigenvalue weighted by Gasteiger charge is 2.21. The van der Waals surface area contributed by atoms with Gasteiger partial charge in [0.15, 0.2) is 11.8 Å². The van der Waals surface area contributed by atoms with E-state index in [2.05, 4.69) is 38.3 Å². The van der Waals surface area contributed by atoms with E-state index in [1.165, 1.54) is 0 Å². The summed E-state index contributed by atoms with van der Waals surface area (Å²) < 4.78 is 12.9.